The third kappa shape index (κ3) is 4.38. The van der Waals surface area contributed by atoms with Gasteiger partial charge in [-0.25, -0.2) is 9.37 Å². The van der Waals surface area contributed by atoms with Gasteiger partial charge in [-0.2, -0.15) is 0 Å². The van der Waals surface area contributed by atoms with Crippen LogP contribution >= 0.6 is 11.8 Å². The van der Waals surface area contributed by atoms with Gasteiger partial charge in [0.1, 0.15) is 11.6 Å². The first-order chi connectivity index (χ1) is 14.1. The molecule has 146 valence electrons. The largest absolute Gasteiger partial charge is 0.467 e. The number of halogens is 1. The zero-order valence-electron chi connectivity index (χ0n) is 15.2. The van der Waals surface area contributed by atoms with Crippen LogP contribution in [0.2, 0.25) is 0 Å². The quantitative estimate of drug-likeness (QED) is 0.386. The highest BCUT2D eigenvalue weighted by Crippen LogP contribution is 2.20. The number of aromatic nitrogens is 2. The lowest BCUT2D eigenvalue weighted by Crippen LogP contribution is -2.24. The molecule has 4 rings (SSSR count). The molecule has 0 aliphatic carbocycles. The number of para-hydroxylation sites is 1. The van der Waals surface area contributed by atoms with Crippen LogP contribution in [0.25, 0.3) is 10.9 Å². The smallest absolute Gasteiger partial charge is 0.262 e. The van der Waals surface area contributed by atoms with E-state index in [1.807, 2.05) is 0 Å². The molecule has 0 aliphatic heterocycles. The second-order valence-corrected chi connectivity index (χ2v) is 7.17. The first-order valence-corrected chi connectivity index (χ1v) is 9.79. The zero-order chi connectivity index (χ0) is 20.2. The van der Waals surface area contributed by atoms with E-state index < -0.39 is 0 Å². The van der Waals surface area contributed by atoms with E-state index in [1.54, 1.807) is 36.4 Å². The normalized spacial score (nSPS) is 10.9. The Bertz CT molecular complexity index is 1200. The van der Waals surface area contributed by atoms with Crippen LogP contribution in [0.5, 0.6) is 0 Å². The van der Waals surface area contributed by atoms with Crippen LogP contribution in [-0.4, -0.2) is 21.2 Å². The molecule has 0 atom stereocenters. The van der Waals surface area contributed by atoms with E-state index in [1.165, 1.54) is 35.1 Å². The molecule has 0 bridgehead atoms. The Balaban J connectivity index is 1.58. The summed E-state index contributed by atoms with van der Waals surface area (Å²) in [4.78, 5) is 29.8. The van der Waals surface area contributed by atoms with E-state index in [4.69, 9.17) is 4.42 Å². The van der Waals surface area contributed by atoms with Gasteiger partial charge in [0.2, 0.25) is 5.91 Å². The molecule has 0 aliphatic rings. The van der Waals surface area contributed by atoms with Crippen molar-refractivity contribution in [2.24, 2.45) is 0 Å². The topological polar surface area (TPSA) is 77.1 Å². The molecule has 2 aromatic heterocycles. The van der Waals surface area contributed by atoms with Crippen LogP contribution in [0, 0.1) is 5.82 Å². The van der Waals surface area contributed by atoms with Crippen molar-refractivity contribution in [3.05, 3.63) is 88.9 Å². The summed E-state index contributed by atoms with van der Waals surface area (Å²) in [6, 6.07) is 16.1. The van der Waals surface area contributed by atoms with Crippen LogP contribution in [0.1, 0.15) is 5.76 Å². The predicted octanol–water partition coefficient (Wildman–Crippen LogP) is 3.91. The molecule has 29 heavy (non-hydrogen) atoms. The van der Waals surface area contributed by atoms with Crippen molar-refractivity contribution < 1.29 is 13.6 Å². The van der Waals surface area contributed by atoms with Crippen LogP contribution in [0.15, 0.2) is 81.3 Å². The molecule has 2 heterocycles. The molecular formula is C21H16FN3O3S. The number of rotatable bonds is 6. The summed E-state index contributed by atoms with van der Waals surface area (Å²) in [5.74, 6) is -0.00428. The first kappa shape index (κ1) is 18.9. The minimum absolute atomic E-state index is 0.0420. The summed E-state index contributed by atoms with van der Waals surface area (Å²) in [6.45, 7) is 0.214. The molecule has 0 unspecified atom stereocenters. The van der Waals surface area contributed by atoms with Crippen molar-refractivity contribution in [2.75, 3.05) is 11.1 Å². The second kappa shape index (κ2) is 8.32. The third-order valence-electron chi connectivity index (χ3n) is 4.18. The molecule has 1 N–H and O–H groups in total. The average molecular weight is 409 g/mol. The Hall–Kier alpha value is -3.39. The highest BCUT2D eigenvalue weighted by atomic mass is 32.2. The van der Waals surface area contributed by atoms with Crippen molar-refractivity contribution >= 4 is 34.3 Å². The van der Waals surface area contributed by atoms with Gasteiger partial charge in [0.05, 0.1) is 29.5 Å². The van der Waals surface area contributed by atoms with Gasteiger partial charge >= 0.3 is 0 Å². The maximum absolute atomic E-state index is 13.0. The van der Waals surface area contributed by atoms with Gasteiger partial charge < -0.3 is 9.73 Å². The van der Waals surface area contributed by atoms with E-state index in [9.17, 15) is 14.0 Å². The number of anilines is 1. The lowest BCUT2D eigenvalue weighted by molar-refractivity contribution is -0.113. The number of thioether (sulfide) groups is 1. The number of carbonyl (C=O) groups is 1. The molecule has 6 nitrogen and oxygen atoms in total. The van der Waals surface area contributed by atoms with E-state index >= 15 is 0 Å². The molecule has 0 spiro atoms. The lowest BCUT2D eigenvalue weighted by atomic mass is 10.2. The summed E-state index contributed by atoms with van der Waals surface area (Å²) in [6.07, 6.45) is 1.54. The fourth-order valence-electron chi connectivity index (χ4n) is 2.82. The van der Waals surface area contributed by atoms with Crippen molar-refractivity contribution in [3.63, 3.8) is 0 Å². The van der Waals surface area contributed by atoms with Gasteiger partial charge in [-0.1, -0.05) is 23.9 Å². The fourth-order valence-corrected chi connectivity index (χ4v) is 3.61. The van der Waals surface area contributed by atoms with Crippen LogP contribution in [0.4, 0.5) is 10.1 Å². The molecule has 8 heteroatoms. The Morgan fingerprint density at radius 3 is 2.66 bits per heavy atom. The second-order valence-electron chi connectivity index (χ2n) is 6.23. The van der Waals surface area contributed by atoms with Gasteiger partial charge in [0.15, 0.2) is 5.16 Å². The highest BCUT2D eigenvalue weighted by Gasteiger charge is 2.14. The zero-order valence-corrected chi connectivity index (χ0v) is 16.0. The third-order valence-corrected chi connectivity index (χ3v) is 5.16. The fraction of sp³-hybridized carbons (Fsp3) is 0.0952. The molecule has 0 saturated heterocycles. The molecular weight excluding hydrogens is 393 g/mol. The van der Waals surface area contributed by atoms with Gasteiger partial charge in [0.25, 0.3) is 5.56 Å². The van der Waals surface area contributed by atoms with Crippen molar-refractivity contribution in [1.29, 1.82) is 0 Å². The molecule has 2 aromatic carbocycles. The van der Waals surface area contributed by atoms with Crippen LogP contribution in [0.3, 0.4) is 0 Å². The number of hydrogen-bond acceptors (Lipinski definition) is 5. The minimum atomic E-state index is -0.375. The standard InChI is InChI=1S/C21H16FN3O3S/c22-14-7-9-15(10-8-14)23-19(26)13-29-21-24-18-6-2-1-5-17(18)20(27)25(21)12-16-4-3-11-28-16/h1-11H,12-13H2,(H,23,26). The lowest BCUT2D eigenvalue weighted by Gasteiger charge is -2.12. The van der Waals surface area contributed by atoms with Crippen LogP contribution in [-0.2, 0) is 11.3 Å². The van der Waals surface area contributed by atoms with Crippen molar-refractivity contribution in [3.8, 4) is 0 Å². The molecule has 0 fully saturated rings. The highest BCUT2D eigenvalue weighted by molar-refractivity contribution is 7.99. The summed E-state index contributed by atoms with van der Waals surface area (Å²) in [5.41, 5.74) is 0.861. The van der Waals surface area contributed by atoms with Gasteiger partial charge in [-0.3, -0.25) is 14.2 Å². The Kier molecular flexibility index (Phi) is 5.44. The Morgan fingerprint density at radius 2 is 1.90 bits per heavy atom. The van der Waals surface area contributed by atoms with Gasteiger partial charge in [-0.15, -0.1) is 0 Å². The van der Waals surface area contributed by atoms with Crippen molar-refractivity contribution in [1.82, 2.24) is 9.55 Å². The van der Waals surface area contributed by atoms with E-state index in [2.05, 4.69) is 10.3 Å². The average Bonchev–Trinajstić information content (AvgIpc) is 3.24. The minimum Gasteiger partial charge on any atom is -0.467 e. The molecule has 0 saturated carbocycles. The Morgan fingerprint density at radius 1 is 1.10 bits per heavy atom. The molecule has 4 aromatic rings. The van der Waals surface area contributed by atoms with E-state index in [0.29, 0.717) is 27.5 Å². The van der Waals surface area contributed by atoms with E-state index in [0.717, 1.165) is 11.8 Å². The maximum Gasteiger partial charge on any atom is 0.262 e. The number of hydrogen-bond donors (Lipinski definition) is 1. The summed E-state index contributed by atoms with van der Waals surface area (Å²) in [7, 11) is 0. The number of nitrogens with zero attached hydrogens (tertiary/aromatic N) is 2. The SMILES string of the molecule is O=C(CSc1nc2ccccc2c(=O)n1Cc1ccco1)Nc1ccc(F)cc1. The number of benzene rings is 2. The summed E-state index contributed by atoms with van der Waals surface area (Å²) >= 11 is 1.15. The molecule has 0 radical (unpaired) electrons. The number of furan rings is 1. The van der Waals surface area contributed by atoms with E-state index in [-0.39, 0.29) is 29.6 Å². The number of nitrogens with one attached hydrogen (secondary N) is 1. The number of amides is 1. The van der Waals surface area contributed by atoms with Gasteiger partial charge in [0, 0.05) is 5.69 Å². The monoisotopic (exact) mass is 409 g/mol. The van der Waals surface area contributed by atoms with Crippen molar-refractivity contribution in [2.45, 2.75) is 11.7 Å². The predicted molar refractivity (Wildman–Crippen MR) is 110 cm³/mol. The molecule has 1 amide bonds. The maximum atomic E-state index is 13.0. The summed E-state index contributed by atoms with van der Waals surface area (Å²) in [5, 5.41) is 3.61. The van der Waals surface area contributed by atoms with Gasteiger partial charge in [-0.05, 0) is 48.5 Å². The first-order valence-electron chi connectivity index (χ1n) is 8.80. The summed E-state index contributed by atoms with van der Waals surface area (Å²) < 4.78 is 19.9. The number of fused-ring (bicyclic) bond motifs is 1. The van der Waals surface area contributed by atoms with Crippen LogP contribution < -0.4 is 10.9 Å². The Labute approximate surface area is 169 Å². The number of carbonyl (C=O) groups excluding carboxylic acids is 1.